The molecule has 1 saturated heterocycles. The van der Waals surface area contributed by atoms with Gasteiger partial charge >= 0.3 is 0 Å². The number of benzene rings is 1. The largest absolute Gasteiger partial charge is 0.368 e. The first-order chi connectivity index (χ1) is 12.2. The fourth-order valence-electron chi connectivity index (χ4n) is 3.13. The first-order valence-electron chi connectivity index (χ1n) is 8.80. The van der Waals surface area contributed by atoms with Gasteiger partial charge in [0.1, 0.15) is 6.10 Å². The molecule has 1 aliphatic heterocycles. The molecule has 1 atom stereocenters. The number of para-hydroxylation sites is 1. The summed E-state index contributed by atoms with van der Waals surface area (Å²) in [6.07, 6.45) is -0.0609. The lowest BCUT2D eigenvalue weighted by molar-refractivity contribution is -0.0374. The Morgan fingerprint density at radius 1 is 1.20 bits per heavy atom. The Bertz CT molecular complexity index is 860. The summed E-state index contributed by atoms with van der Waals surface area (Å²) < 4.78 is 5.90. The van der Waals surface area contributed by atoms with Crippen LogP contribution in [0.5, 0.6) is 0 Å². The van der Waals surface area contributed by atoms with E-state index < -0.39 is 0 Å². The Hall–Kier alpha value is -2.31. The van der Waals surface area contributed by atoms with Crippen LogP contribution in [-0.2, 0) is 11.3 Å². The number of morpholine rings is 1. The fraction of sp³-hybridized carbons (Fsp3) is 0.421. The monoisotopic (exact) mass is 337 g/mol. The van der Waals surface area contributed by atoms with Crippen molar-refractivity contribution >= 4 is 10.9 Å². The second kappa shape index (κ2) is 6.90. The smallest absolute Gasteiger partial charge is 0.155 e. The molecule has 0 aliphatic carbocycles. The molecule has 4 rings (SSSR count). The van der Waals surface area contributed by atoms with Crippen LogP contribution >= 0.6 is 0 Å². The maximum atomic E-state index is 5.90. The van der Waals surface area contributed by atoms with Gasteiger partial charge in [0.15, 0.2) is 11.6 Å². The normalized spacial score (nSPS) is 18.9. The SMILES string of the molecule is CC(C)c1n[nH]c(C2CN(Cc3ccc4ccccc4n3)CCO2)n1. The molecule has 1 N–H and O–H groups in total. The van der Waals surface area contributed by atoms with Gasteiger partial charge in [0.05, 0.1) is 17.8 Å². The highest BCUT2D eigenvalue weighted by Crippen LogP contribution is 2.22. The quantitative estimate of drug-likeness (QED) is 0.792. The highest BCUT2D eigenvalue weighted by molar-refractivity contribution is 5.78. The van der Waals surface area contributed by atoms with Crippen LogP contribution in [0.4, 0.5) is 0 Å². The van der Waals surface area contributed by atoms with E-state index in [1.54, 1.807) is 0 Å². The van der Waals surface area contributed by atoms with Crippen molar-refractivity contribution in [1.82, 2.24) is 25.1 Å². The number of rotatable bonds is 4. The molecule has 130 valence electrons. The molecule has 0 saturated carbocycles. The third kappa shape index (κ3) is 3.55. The Labute approximate surface area is 147 Å². The first-order valence-corrected chi connectivity index (χ1v) is 8.80. The second-order valence-electron chi connectivity index (χ2n) is 6.82. The summed E-state index contributed by atoms with van der Waals surface area (Å²) in [5.74, 6) is 1.97. The minimum atomic E-state index is -0.0609. The Balaban J connectivity index is 1.46. The summed E-state index contributed by atoms with van der Waals surface area (Å²) in [6.45, 7) is 7.38. The maximum Gasteiger partial charge on any atom is 0.155 e. The first kappa shape index (κ1) is 16.2. The lowest BCUT2D eigenvalue weighted by Crippen LogP contribution is -2.38. The van der Waals surface area contributed by atoms with E-state index in [-0.39, 0.29) is 6.10 Å². The molecule has 1 unspecified atom stereocenters. The molecule has 1 aliphatic rings. The summed E-state index contributed by atoms with van der Waals surface area (Å²) in [4.78, 5) is 11.7. The van der Waals surface area contributed by atoms with E-state index in [0.29, 0.717) is 12.5 Å². The second-order valence-corrected chi connectivity index (χ2v) is 6.82. The zero-order valence-corrected chi connectivity index (χ0v) is 14.6. The van der Waals surface area contributed by atoms with Crippen LogP contribution in [0.25, 0.3) is 10.9 Å². The number of pyridine rings is 1. The van der Waals surface area contributed by atoms with Gasteiger partial charge in [0.2, 0.25) is 0 Å². The van der Waals surface area contributed by atoms with Crippen LogP contribution < -0.4 is 0 Å². The summed E-state index contributed by atoms with van der Waals surface area (Å²) in [6, 6.07) is 12.5. The standard InChI is InChI=1S/C19H23N5O/c1-13(2)18-21-19(23-22-18)17-12-24(9-10-25-17)11-15-8-7-14-5-3-4-6-16(14)20-15/h3-8,13,17H,9-12H2,1-2H3,(H,21,22,23). The number of nitrogens with zero attached hydrogens (tertiary/aromatic N) is 4. The average Bonchev–Trinajstić information content (AvgIpc) is 3.12. The average molecular weight is 337 g/mol. The predicted molar refractivity (Wildman–Crippen MR) is 96.2 cm³/mol. The van der Waals surface area contributed by atoms with Crippen molar-refractivity contribution in [2.75, 3.05) is 19.7 Å². The predicted octanol–water partition coefficient (Wildman–Crippen LogP) is 3.05. The third-order valence-electron chi connectivity index (χ3n) is 4.53. The lowest BCUT2D eigenvalue weighted by Gasteiger charge is -2.31. The summed E-state index contributed by atoms with van der Waals surface area (Å²) in [7, 11) is 0. The molecule has 2 aromatic heterocycles. The van der Waals surface area contributed by atoms with Gasteiger partial charge in [-0.15, -0.1) is 0 Å². The van der Waals surface area contributed by atoms with Gasteiger partial charge in [-0.3, -0.25) is 15.0 Å². The molecule has 6 heteroatoms. The number of aromatic nitrogens is 4. The molecular formula is C19H23N5O. The number of fused-ring (bicyclic) bond motifs is 1. The van der Waals surface area contributed by atoms with Crippen LogP contribution in [0.3, 0.4) is 0 Å². The molecule has 1 aromatic carbocycles. The van der Waals surface area contributed by atoms with Crippen LogP contribution in [0.15, 0.2) is 36.4 Å². The highest BCUT2D eigenvalue weighted by Gasteiger charge is 2.25. The molecule has 1 fully saturated rings. The van der Waals surface area contributed by atoms with Gasteiger partial charge in [0.25, 0.3) is 0 Å². The van der Waals surface area contributed by atoms with Crippen LogP contribution in [0.2, 0.25) is 0 Å². The zero-order valence-electron chi connectivity index (χ0n) is 14.6. The Kier molecular flexibility index (Phi) is 4.46. The molecule has 0 spiro atoms. The van der Waals surface area contributed by atoms with E-state index in [1.807, 2.05) is 12.1 Å². The van der Waals surface area contributed by atoms with E-state index in [2.05, 4.69) is 58.2 Å². The number of aromatic amines is 1. The number of H-pyrrole nitrogens is 1. The Morgan fingerprint density at radius 2 is 2.08 bits per heavy atom. The van der Waals surface area contributed by atoms with Gasteiger partial charge < -0.3 is 4.74 Å². The molecular weight excluding hydrogens is 314 g/mol. The number of ether oxygens (including phenoxy) is 1. The van der Waals surface area contributed by atoms with E-state index >= 15 is 0 Å². The van der Waals surface area contributed by atoms with Crippen LogP contribution in [0.1, 0.15) is 43.2 Å². The van der Waals surface area contributed by atoms with Crippen molar-refractivity contribution in [3.05, 3.63) is 53.7 Å². The Morgan fingerprint density at radius 3 is 2.92 bits per heavy atom. The van der Waals surface area contributed by atoms with Crippen molar-refractivity contribution in [2.24, 2.45) is 0 Å². The number of nitrogens with one attached hydrogen (secondary N) is 1. The van der Waals surface area contributed by atoms with Crippen molar-refractivity contribution in [3.63, 3.8) is 0 Å². The summed E-state index contributed by atoms with van der Waals surface area (Å²) in [5.41, 5.74) is 2.13. The van der Waals surface area contributed by atoms with Gasteiger partial charge in [-0.2, -0.15) is 5.10 Å². The van der Waals surface area contributed by atoms with Crippen LogP contribution in [-0.4, -0.2) is 44.8 Å². The van der Waals surface area contributed by atoms with Crippen LogP contribution in [0, 0.1) is 0 Å². The number of hydrogen-bond donors (Lipinski definition) is 1. The van der Waals surface area contributed by atoms with E-state index in [4.69, 9.17) is 9.72 Å². The fourth-order valence-corrected chi connectivity index (χ4v) is 3.13. The van der Waals surface area contributed by atoms with E-state index in [9.17, 15) is 0 Å². The topological polar surface area (TPSA) is 66.9 Å². The number of hydrogen-bond acceptors (Lipinski definition) is 5. The van der Waals surface area contributed by atoms with Gasteiger partial charge in [-0.05, 0) is 12.1 Å². The van der Waals surface area contributed by atoms with Gasteiger partial charge in [0, 0.05) is 30.9 Å². The zero-order chi connectivity index (χ0) is 17.2. The lowest BCUT2D eigenvalue weighted by atomic mass is 10.2. The maximum absolute atomic E-state index is 5.90. The van der Waals surface area contributed by atoms with Gasteiger partial charge in [-0.1, -0.05) is 38.1 Å². The molecule has 6 nitrogen and oxygen atoms in total. The molecule has 3 heterocycles. The molecule has 25 heavy (non-hydrogen) atoms. The molecule has 0 amide bonds. The third-order valence-corrected chi connectivity index (χ3v) is 4.53. The van der Waals surface area contributed by atoms with Gasteiger partial charge in [-0.25, -0.2) is 4.98 Å². The summed E-state index contributed by atoms with van der Waals surface area (Å²) in [5, 5.41) is 8.50. The van der Waals surface area contributed by atoms with E-state index in [0.717, 1.165) is 42.5 Å². The molecule has 0 radical (unpaired) electrons. The van der Waals surface area contributed by atoms with Crippen molar-refractivity contribution in [3.8, 4) is 0 Å². The highest BCUT2D eigenvalue weighted by atomic mass is 16.5. The van der Waals surface area contributed by atoms with Crippen molar-refractivity contribution in [1.29, 1.82) is 0 Å². The van der Waals surface area contributed by atoms with Crippen molar-refractivity contribution in [2.45, 2.75) is 32.4 Å². The van der Waals surface area contributed by atoms with Crippen molar-refractivity contribution < 1.29 is 4.74 Å². The molecule has 3 aromatic rings. The van der Waals surface area contributed by atoms with E-state index in [1.165, 1.54) is 5.39 Å². The summed E-state index contributed by atoms with van der Waals surface area (Å²) >= 11 is 0. The minimum absolute atomic E-state index is 0.0609. The minimum Gasteiger partial charge on any atom is -0.368 e. The molecule has 0 bridgehead atoms.